The summed E-state index contributed by atoms with van der Waals surface area (Å²) in [5, 5.41) is 13.6. The lowest BCUT2D eigenvalue weighted by Gasteiger charge is -2.10. The van der Waals surface area contributed by atoms with Gasteiger partial charge < -0.3 is 5.32 Å². The van der Waals surface area contributed by atoms with Crippen molar-refractivity contribution in [3.05, 3.63) is 92.8 Å². The third-order valence-corrected chi connectivity index (χ3v) is 6.77. The fourth-order valence-corrected chi connectivity index (χ4v) is 4.33. The fraction of sp³-hybridized carbons (Fsp3) is 0.120. The number of nitrogens with one attached hydrogen (secondary N) is 1. The third kappa shape index (κ3) is 4.62. The van der Waals surface area contributed by atoms with Gasteiger partial charge in [-0.25, -0.2) is 4.98 Å². The van der Waals surface area contributed by atoms with Crippen LogP contribution in [0.1, 0.15) is 21.6 Å². The molecule has 7 nitrogen and oxygen atoms in total. The molecule has 1 N–H and O–H groups in total. The van der Waals surface area contributed by atoms with Gasteiger partial charge in [0.05, 0.1) is 39.6 Å². The SMILES string of the molecule is Cc1c(-c2cc(C(=O)Nc3nn(Cc4ccc(Cl)c(Cl)c4)cc3Cl)c3ccccc3n2)cnn1C. The maximum absolute atomic E-state index is 13.4. The molecule has 0 unspecified atom stereocenters. The number of benzene rings is 2. The minimum Gasteiger partial charge on any atom is -0.304 e. The summed E-state index contributed by atoms with van der Waals surface area (Å²) in [6.45, 7) is 2.37. The molecule has 1 amide bonds. The molecule has 10 heteroatoms. The zero-order valence-corrected chi connectivity index (χ0v) is 21.0. The minimum absolute atomic E-state index is 0.261. The van der Waals surface area contributed by atoms with Crippen LogP contribution in [0.5, 0.6) is 0 Å². The zero-order chi connectivity index (χ0) is 24.7. The molecule has 0 spiro atoms. The van der Waals surface area contributed by atoms with E-state index >= 15 is 0 Å². The summed E-state index contributed by atoms with van der Waals surface area (Å²) in [6, 6.07) is 14.6. The number of anilines is 1. The van der Waals surface area contributed by atoms with E-state index in [1.165, 1.54) is 0 Å². The molecule has 2 aromatic carbocycles. The molecule has 0 aliphatic heterocycles. The van der Waals surface area contributed by atoms with Gasteiger partial charge in [0, 0.05) is 29.9 Å². The second-order valence-corrected chi connectivity index (χ2v) is 9.29. The molecule has 3 aromatic heterocycles. The van der Waals surface area contributed by atoms with Gasteiger partial charge >= 0.3 is 0 Å². The Morgan fingerprint density at radius 3 is 2.57 bits per heavy atom. The van der Waals surface area contributed by atoms with Gasteiger partial charge in [-0.1, -0.05) is 59.1 Å². The van der Waals surface area contributed by atoms with E-state index in [1.807, 2.05) is 44.3 Å². The highest BCUT2D eigenvalue weighted by molar-refractivity contribution is 6.42. The second-order valence-electron chi connectivity index (χ2n) is 8.07. The van der Waals surface area contributed by atoms with Crippen LogP contribution in [0, 0.1) is 6.92 Å². The van der Waals surface area contributed by atoms with E-state index in [0.717, 1.165) is 22.2 Å². The summed E-state index contributed by atoms with van der Waals surface area (Å²) >= 11 is 18.5. The number of carbonyl (C=O) groups excluding carboxylic acids is 1. The maximum Gasteiger partial charge on any atom is 0.257 e. The number of aryl methyl sites for hydroxylation is 1. The van der Waals surface area contributed by atoms with Crippen LogP contribution >= 0.6 is 34.8 Å². The molecule has 0 radical (unpaired) electrons. The molecule has 0 saturated carbocycles. The molecule has 0 fully saturated rings. The van der Waals surface area contributed by atoms with Crippen molar-refractivity contribution in [2.24, 2.45) is 7.05 Å². The number of hydrogen-bond donors (Lipinski definition) is 1. The third-order valence-electron chi connectivity index (χ3n) is 5.75. The first-order chi connectivity index (χ1) is 16.8. The van der Waals surface area contributed by atoms with Gasteiger partial charge in [0.15, 0.2) is 5.82 Å². The Hall–Kier alpha value is -3.39. The highest BCUT2D eigenvalue weighted by atomic mass is 35.5. The largest absolute Gasteiger partial charge is 0.304 e. The number of aromatic nitrogens is 5. The first-order valence-corrected chi connectivity index (χ1v) is 11.8. The van der Waals surface area contributed by atoms with E-state index in [0.29, 0.717) is 38.4 Å². The van der Waals surface area contributed by atoms with Crippen LogP contribution in [0.25, 0.3) is 22.2 Å². The Labute approximate surface area is 216 Å². The fourth-order valence-electron chi connectivity index (χ4n) is 3.81. The topological polar surface area (TPSA) is 77.6 Å². The number of hydrogen-bond acceptors (Lipinski definition) is 4. The average molecular weight is 526 g/mol. The molecule has 3 heterocycles. The summed E-state index contributed by atoms with van der Waals surface area (Å²) in [7, 11) is 1.86. The van der Waals surface area contributed by atoms with Crippen LogP contribution in [-0.4, -0.2) is 30.5 Å². The molecule has 0 aliphatic rings. The average Bonchev–Trinajstić information content (AvgIpc) is 3.36. The lowest BCUT2D eigenvalue weighted by Crippen LogP contribution is -2.14. The Bertz CT molecular complexity index is 1590. The van der Waals surface area contributed by atoms with E-state index in [1.54, 1.807) is 40.0 Å². The van der Waals surface area contributed by atoms with Crippen molar-refractivity contribution in [1.29, 1.82) is 0 Å². The number of halogens is 3. The zero-order valence-electron chi connectivity index (χ0n) is 18.8. The van der Waals surface area contributed by atoms with Gasteiger partial charge in [-0.3, -0.25) is 14.2 Å². The molecule has 5 aromatic rings. The van der Waals surface area contributed by atoms with Gasteiger partial charge in [-0.05, 0) is 36.8 Å². The molecular weight excluding hydrogens is 507 g/mol. The first-order valence-electron chi connectivity index (χ1n) is 10.7. The van der Waals surface area contributed by atoms with Crippen LogP contribution in [0.4, 0.5) is 5.82 Å². The highest BCUT2D eigenvalue weighted by Gasteiger charge is 2.18. The molecule has 0 atom stereocenters. The summed E-state index contributed by atoms with van der Waals surface area (Å²) < 4.78 is 3.40. The second kappa shape index (κ2) is 9.34. The smallest absolute Gasteiger partial charge is 0.257 e. The number of fused-ring (bicyclic) bond motifs is 1. The van der Waals surface area contributed by atoms with E-state index in [-0.39, 0.29) is 11.7 Å². The normalized spacial score (nSPS) is 11.2. The Morgan fingerprint density at radius 2 is 1.83 bits per heavy atom. The Kier molecular flexibility index (Phi) is 6.23. The van der Waals surface area contributed by atoms with E-state index in [9.17, 15) is 4.79 Å². The van der Waals surface area contributed by atoms with Crippen molar-refractivity contribution < 1.29 is 4.79 Å². The van der Waals surface area contributed by atoms with Gasteiger partial charge in [0.2, 0.25) is 0 Å². The van der Waals surface area contributed by atoms with Crippen molar-refractivity contribution >= 4 is 57.4 Å². The number of amides is 1. The number of pyridine rings is 1. The molecule has 35 heavy (non-hydrogen) atoms. The molecule has 0 bridgehead atoms. The minimum atomic E-state index is -0.340. The summed E-state index contributed by atoms with van der Waals surface area (Å²) in [5.74, 6) is -0.0789. The lowest BCUT2D eigenvalue weighted by atomic mass is 10.0. The number of nitrogens with zero attached hydrogens (tertiary/aromatic N) is 5. The molecule has 0 aliphatic carbocycles. The van der Waals surface area contributed by atoms with Crippen LogP contribution < -0.4 is 5.32 Å². The predicted octanol–water partition coefficient (Wildman–Crippen LogP) is 6.40. The van der Waals surface area contributed by atoms with E-state index < -0.39 is 0 Å². The molecule has 0 saturated heterocycles. The van der Waals surface area contributed by atoms with Gasteiger partial charge in [0.1, 0.15) is 5.02 Å². The van der Waals surface area contributed by atoms with Crippen LogP contribution in [0.15, 0.2) is 60.9 Å². The van der Waals surface area contributed by atoms with E-state index in [4.69, 9.17) is 39.8 Å². The summed E-state index contributed by atoms with van der Waals surface area (Å²) in [4.78, 5) is 18.2. The van der Waals surface area contributed by atoms with Crippen molar-refractivity contribution in [3.63, 3.8) is 0 Å². The quantitative estimate of drug-likeness (QED) is 0.288. The van der Waals surface area contributed by atoms with Crippen LogP contribution in [0.3, 0.4) is 0 Å². The predicted molar refractivity (Wildman–Crippen MR) is 139 cm³/mol. The standard InChI is InChI=1S/C25H19Cl3N6O/c1-14-18(11-29-33(14)2)23-10-17(16-5-3-4-6-22(16)30-23)25(35)31-24-21(28)13-34(32-24)12-15-7-8-19(26)20(27)9-15/h3-11,13H,12H2,1-2H3,(H,31,32,35). The van der Waals surface area contributed by atoms with Crippen LogP contribution in [0.2, 0.25) is 15.1 Å². The van der Waals surface area contributed by atoms with E-state index in [2.05, 4.69) is 15.5 Å². The van der Waals surface area contributed by atoms with Crippen molar-refractivity contribution in [1.82, 2.24) is 24.5 Å². The number of carbonyl (C=O) groups is 1. The van der Waals surface area contributed by atoms with Crippen molar-refractivity contribution in [2.45, 2.75) is 13.5 Å². The number of rotatable bonds is 5. The Balaban J connectivity index is 1.47. The first kappa shape index (κ1) is 23.4. The molecular formula is C25H19Cl3N6O. The highest BCUT2D eigenvalue weighted by Crippen LogP contribution is 2.29. The molecule has 5 rings (SSSR count). The lowest BCUT2D eigenvalue weighted by molar-refractivity contribution is 0.102. The van der Waals surface area contributed by atoms with Gasteiger partial charge in [0.25, 0.3) is 5.91 Å². The maximum atomic E-state index is 13.4. The van der Waals surface area contributed by atoms with Gasteiger partial charge in [-0.2, -0.15) is 10.2 Å². The molecule has 176 valence electrons. The van der Waals surface area contributed by atoms with Crippen molar-refractivity contribution in [2.75, 3.05) is 5.32 Å². The monoisotopic (exact) mass is 524 g/mol. The van der Waals surface area contributed by atoms with Crippen LogP contribution in [-0.2, 0) is 13.6 Å². The Morgan fingerprint density at radius 1 is 1.03 bits per heavy atom. The van der Waals surface area contributed by atoms with Gasteiger partial charge in [-0.15, -0.1) is 0 Å². The van der Waals surface area contributed by atoms with Crippen molar-refractivity contribution in [3.8, 4) is 11.3 Å². The number of para-hydroxylation sites is 1. The summed E-state index contributed by atoms with van der Waals surface area (Å²) in [5.41, 5.74) is 4.53. The summed E-state index contributed by atoms with van der Waals surface area (Å²) in [6.07, 6.45) is 3.39.